The molecule has 168 valence electrons. The first-order valence-corrected chi connectivity index (χ1v) is 12.8. The lowest BCUT2D eigenvalue weighted by atomic mass is 9.92. The Balaban J connectivity index is 1.61. The van der Waals surface area contributed by atoms with Crippen molar-refractivity contribution in [2.75, 3.05) is 11.3 Å². The highest BCUT2D eigenvalue weighted by Gasteiger charge is 2.32. The zero-order chi connectivity index (χ0) is 23.3. The van der Waals surface area contributed by atoms with Crippen LogP contribution in [0.4, 0.5) is 18.9 Å². The van der Waals surface area contributed by atoms with Gasteiger partial charge in [0.25, 0.3) is 10.0 Å². The summed E-state index contributed by atoms with van der Waals surface area (Å²) in [6.45, 7) is 0.365. The van der Waals surface area contributed by atoms with Gasteiger partial charge in [-0.25, -0.2) is 8.42 Å². The van der Waals surface area contributed by atoms with Gasteiger partial charge in [-0.3, -0.25) is 9.71 Å². The highest BCUT2D eigenvalue weighted by Crippen LogP contribution is 2.43. The van der Waals surface area contributed by atoms with E-state index >= 15 is 0 Å². The van der Waals surface area contributed by atoms with E-state index in [1.807, 2.05) is 0 Å². The highest BCUT2D eigenvalue weighted by molar-refractivity contribution is 9.10. The number of sulfonamides is 1. The summed E-state index contributed by atoms with van der Waals surface area (Å²) in [6.07, 6.45) is -3.99. The third-order valence-corrected chi connectivity index (χ3v) is 9.59. The Bertz CT molecular complexity index is 1340. The van der Waals surface area contributed by atoms with Crippen LogP contribution < -0.4 is 4.72 Å². The summed E-state index contributed by atoms with van der Waals surface area (Å²) in [5.41, 5.74) is 2.00. The molecule has 32 heavy (non-hydrogen) atoms. The van der Waals surface area contributed by atoms with Gasteiger partial charge in [0.15, 0.2) is 0 Å². The van der Waals surface area contributed by atoms with E-state index in [2.05, 4.69) is 25.6 Å². The molecule has 0 aliphatic carbocycles. The zero-order valence-corrected chi connectivity index (χ0v) is 20.5. The lowest BCUT2D eigenvalue weighted by Crippen LogP contribution is -2.16. The second-order valence-electron chi connectivity index (χ2n) is 6.83. The average molecular weight is 584 g/mol. The van der Waals surface area contributed by atoms with Crippen LogP contribution in [0.3, 0.4) is 0 Å². The van der Waals surface area contributed by atoms with Gasteiger partial charge in [-0.1, -0.05) is 41.4 Å². The van der Waals surface area contributed by atoms with E-state index in [9.17, 15) is 21.6 Å². The molecule has 4 nitrogen and oxygen atoms in total. The predicted octanol–water partition coefficient (Wildman–Crippen LogP) is 7.03. The lowest BCUT2D eigenvalue weighted by molar-refractivity contribution is -0.137. The smallest absolute Gasteiger partial charge is 0.284 e. The Morgan fingerprint density at radius 1 is 1.06 bits per heavy atom. The van der Waals surface area contributed by atoms with E-state index in [1.165, 1.54) is 6.07 Å². The van der Waals surface area contributed by atoms with Gasteiger partial charge in [-0.2, -0.15) is 13.2 Å². The van der Waals surface area contributed by atoms with Gasteiger partial charge in [0.2, 0.25) is 0 Å². The van der Waals surface area contributed by atoms with Crippen LogP contribution in [0.25, 0.3) is 0 Å². The number of nitrogens with one attached hydrogen (secondary N) is 1. The number of alkyl halides is 3. The van der Waals surface area contributed by atoms with Crippen molar-refractivity contribution in [2.24, 2.45) is 4.99 Å². The molecule has 1 aliphatic rings. The van der Waals surface area contributed by atoms with Gasteiger partial charge in [-0.15, -0.1) is 11.3 Å². The number of nitrogens with zero attached hydrogens (tertiary/aromatic N) is 1. The van der Waals surface area contributed by atoms with Crippen molar-refractivity contribution in [3.05, 3.63) is 77.9 Å². The maximum Gasteiger partial charge on any atom is 0.416 e. The SMILES string of the molecule is O=S(=O)(Nc1ccc(C2=NCCc3cc(C(F)(F)F)ccc32)cc1)c1c(Cl)sc(Cl)c1Br. The third-order valence-electron chi connectivity index (χ3n) is 4.75. The first kappa shape index (κ1) is 23.6. The summed E-state index contributed by atoms with van der Waals surface area (Å²) in [4.78, 5) is 4.32. The summed E-state index contributed by atoms with van der Waals surface area (Å²) >= 11 is 16.0. The van der Waals surface area contributed by atoms with Crippen LogP contribution >= 0.6 is 50.5 Å². The molecule has 2 aromatic carbocycles. The number of hydrogen-bond acceptors (Lipinski definition) is 4. The van der Waals surface area contributed by atoms with Crippen LogP contribution in [0.15, 0.2) is 56.8 Å². The molecule has 1 aromatic heterocycles. The molecular weight excluding hydrogens is 572 g/mol. The molecule has 0 amide bonds. The van der Waals surface area contributed by atoms with Crippen LogP contribution in [0.2, 0.25) is 8.67 Å². The van der Waals surface area contributed by atoms with Gasteiger partial charge in [0, 0.05) is 23.4 Å². The summed E-state index contributed by atoms with van der Waals surface area (Å²) in [5, 5.41) is 0. The zero-order valence-electron chi connectivity index (χ0n) is 15.8. The first-order chi connectivity index (χ1) is 15.0. The van der Waals surface area contributed by atoms with Crippen LogP contribution in [0.1, 0.15) is 22.3 Å². The molecule has 12 heteroatoms. The minimum absolute atomic E-state index is 0.0254. The minimum atomic E-state index is -4.41. The monoisotopic (exact) mass is 582 g/mol. The summed E-state index contributed by atoms with van der Waals surface area (Å²) in [6, 6.07) is 10.0. The van der Waals surface area contributed by atoms with E-state index in [4.69, 9.17) is 23.2 Å². The fraction of sp³-hybridized carbons (Fsp3) is 0.150. The predicted molar refractivity (Wildman–Crippen MR) is 125 cm³/mol. The summed E-state index contributed by atoms with van der Waals surface area (Å²) in [7, 11) is -4.00. The molecule has 0 unspecified atom stereocenters. The second-order valence-corrected chi connectivity index (χ2v) is 11.5. The molecule has 4 rings (SSSR count). The van der Waals surface area contributed by atoms with Crippen LogP contribution in [0.5, 0.6) is 0 Å². The summed E-state index contributed by atoms with van der Waals surface area (Å²) in [5.74, 6) is 0. The molecule has 0 spiro atoms. The van der Waals surface area contributed by atoms with Gasteiger partial charge >= 0.3 is 6.18 Å². The van der Waals surface area contributed by atoms with E-state index in [-0.39, 0.29) is 23.7 Å². The van der Waals surface area contributed by atoms with E-state index in [0.29, 0.717) is 35.4 Å². The van der Waals surface area contributed by atoms with Crippen LogP contribution in [-0.4, -0.2) is 20.7 Å². The van der Waals surface area contributed by atoms with Crippen molar-refractivity contribution < 1.29 is 21.6 Å². The minimum Gasteiger partial charge on any atom is -0.284 e. The van der Waals surface area contributed by atoms with Crippen molar-refractivity contribution in [3.8, 4) is 0 Å². The van der Waals surface area contributed by atoms with Gasteiger partial charge in [-0.05, 0) is 52.2 Å². The fourth-order valence-corrected chi connectivity index (χ4v) is 7.92. The Morgan fingerprint density at radius 2 is 1.75 bits per heavy atom. The molecule has 0 bridgehead atoms. The molecule has 0 saturated carbocycles. The molecule has 2 heterocycles. The first-order valence-electron chi connectivity index (χ1n) is 8.99. The van der Waals surface area contributed by atoms with Gasteiger partial charge in [0.1, 0.15) is 13.6 Å². The normalized spacial score (nSPS) is 14.1. The maximum atomic E-state index is 13.0. The quantitative estimate of drug-likeness (QED) is 0.358. The topological polar surface area (TPSA) is 58.5 Å². The largest absolute Gasteiger partial charge is 0.416 e. The van der Waals surface area contributed by atoms with Crippen molar-refractivity contribution in [1.82, 2.24) is 0 Å². The van der Waals surface area contributed by atoms with Crippen molar-refractivity contribution in [2.45, 2.75) is 17.5 Å². The van der Waals surface area contributed by atoms with E-state index < -0.39 is 21.8 Å². The number of hydrogen-bond donors (Lipinski definition) is 1. The Kier molecular flexibility index (Phi) is 6.36. The number of rotatable bonds is 4. The number of thiophene rings is 1. The van der Waals surface area contributed by atoms with Gasteiger partial charge in [0.05, 0.1) is 15.7 Å². The summed E-state index contributed by atoms with van der Waals surface area (Å²) < 4.78 is 67.4. The molecule has 1 N–H and O–H groups in total. The molecule has 0 saturated heterocycles. The molecule has 1 aliphatic heterocycles. The standard InChI is InChI=1S/C20H12BrCl2F3N2O2S2/c21-15-17(19(23)31-18(15)22)32(29,30)28-13-4-1-10(2-5-13)16-14-6-3-12(20(24,25)26)9-11(14)7-8-27-16/h1-6,9,28H,7-8H2. The maximum absolute atomic E-state index is 13.0. The number of benzene rings is 2. The van der Waals surface area contributed by atoms with Crippen molar-refractivity contribution in [1.29, 1.82) is 0 Å². The molecular formula is C20H12BrCl2F3N2O2S2. The second kappa shape index (κ2) is 8.64. The van der Waals surface area contributed by atoms with Crippen LogP contribution in [0, 0.1) is 0 Å². The highest BCUT2D eigenvalue weighted by atomic mass is 79.9. The number of fused-ring (bicyclic) bond motifs is 1. The molecule has 0 atom stereocenters. The number of anilines is 1. The number of halogens is 6. The lowest BCUT2D eigenvalue weighted by Gasteiger charge is -2.19. The number of aliphatic imine (C=N–C) groups is 1. The van der Waals surface area contributed by atoms with Crippen molar-refractivity contribution >= 4 is 71.9 Å². The van der Waals surface area contributed by atoms with E-state index in [1.54, 1.807) is 24.3 Å². The Hall–Kier alpha value is -1.59. The average Bonchev–Trinajstić information content (AvgIpc) is 2.99. The molecule has 0 radical (unpaired) electrons. The fourth-order valence-electron chi connectivity index (χ4n) is 3.30. The Morgan fingerprint density at radius 3 is 2.34 bits per heavy atom. The van der Waals surface area contributed by atoms with Crippen molar-refractivity contribution in [3.63, 3.8) is 0 Å². The van der Waals surface area contributed by atoms with E-state index in [0.717, 1.165) is 23.5 Å². The van der Waals surface area contributed by atoms with Gasteiger partial charge < -0.3 is 0 Å². The third kappa shape index (κ3) is 4.56. The van der Waals surface area contributed by atoms with Crippen LogP contribution in [-0.2, 0) is 22.6 Å². The molecule has 0 fully saturated rings. The Labute approximate surface area is 204 Å². The molecule has 3 aromatic rings.